The minimum atomic E-state index is -0.0338. The molecule has 5 nitrogen and oxygen atoms in total. The van der Waals surface area contributed by atoms with Gasteiger partial charge in [0.15, 0.2) is 0 Å². The van der Waals surface area contributed by atoms with Gasteiger partial charge in [-0.25, -0.2) is 4.98 Å². The molecule has 1 unspecified atom stereocenters. The molecular formula is C18H18N4OS2. The standard InChI is InChI=1S/C18H18N4OS2/c1-12-7-8-22(15-5-3-4-6-16(15)25-12)18(23)14-11-24-17(20-14)13-9-19-21(2)10-13/h3-6,9-12H,7-8H2,1-2H3. The minimum Gasteiger partial charge on any atom is -0.306 e. The Morgan fingerprint density at radius 3 is 2.96 bits per heavy atom. The number of rotatable bonds is 2. The number of carbonyl (C=O) groups is 1. The van der Waals surface area contributed by atoms with Crippen LogP contribution in [0.15, 0.2) is 46.9 Å². The van der Waals surface area contributed by atoms with Gasteiger partial charge in [-0.05, 0) is 18.6 Å². The van der Waals surface area contributed by atoms with Crippen LogP contribution in [0.5, 0.6) is 0 Å². The molecule has 1 aliphatic rings. The fourth-order valence-corrected chi connectivity index (χ4v) is 4.75. The lowest BCUT2D eigenvalue weighted by Crippen LogP contribution is -2.32. The molecule has 4 rings (SSSR count). The van der Waals surface area contributed by atoms with Gasteiger partial charge in [0.1, 0.15) is 10.7 Å². The molecule has 1 aliphatic heterocycles. The molecule has 0 spiro atoms. The van der Waals surface area contributed by atoms with Gasteiger partial charge in [-0.2, -0.15) is 5.10 Å². The number of para-hydroxylation sites is 1. The lowest BCUT2D eigenvalue weighted by Gasteiger charge is -2.21. The Balaban J connectivity index is 1.66. The Hall–Kier alpha value is -2.12. The molecule has 0 radical (unpaired) electrons. The van der Waals surface area contributed by atoms with Gasteiger partial charge in [-0.3, -0.25) is 9.48 Å². The van der Waals surface area contributed by atoms with Crippen molar-refractivity contribution in [2.24, 2.45) is 7.05 Å². The van der Waals surface area contributed by atoms with Crippen LogP contribution in [-0.4, -0.2) is 32.5 Å². The molecule has 3 heterocycles. The van der Waals surface area contributed by atoms with Gasteiger partial charge in [0.2, 0.25) is 0 Å². The van der Waals surface area contributed by atoms with Crippen molar-refractivity contribution in [2.45, 2.75) is 23.5 Å². The zero-order valence-electron chi connectivity index (χ0n) is 14.0. The summed E-state index contributed by atoms with van der Waals surface area (Å²) in [4.78, 5) is 20.7. The van der Waals surface area contributed by atoms with Gasteiger partial charge in [0.25, 0.3) is 5.91 Å². The molecule has 2 aromatic heterocycles. The first-order valence-electron chi connectivity index (χ1n) is 8.14. The van der Waals surface area contributed by atoms with E-state index in [-0.39, 0.29) is 5.91 Å². The van der Waals surface area contributed by atoms with Gasteiger partial charge in [0.05, 0.1) is 11.9 Å². The summed E-state index contributed by atoms with van der Waals surface area (Å²) in [5.74, 6) is -0.0338. The lowest BCUT2D eigenvalue weighted by molar-refractivity contribution is 0.0982. The predicted molar refractivity (Wildman–Crippen MR) is 102 cm³/mol. The first kappa shape index (κ1) is 16.4. The van der Waals surface area contributed by atoms with Crippen molar-refractivity contribution in [3.8, 4) is 10.6 Å². The number of fused-ring (bicyclic) bond motifs is 1. The normalized spacial score (nSPS) is 17.2. The van der Waals surface area contributed by atoms with E-state index >= 15 is 0 Å². The lowest BCUT2D eigenvalue weighted by atomic mass is 10.2. The van der Waals surface area contributed by atoms with E-state index in [4.69, 9.17) is 0 Å². The summed E-state index contributed by atoms with van der Waals surface area (Å²) in [6.45, 7) is 2.92. The first-order chi connectivity index (χ1) is 12.1. The molecular weight excluding hydrogens is 352 g/mol. The molecule has 128 valence electrons. The summed E-state index contributed by atoms with van der Waals surface area (Å²) < 4.78 is 1.74. The van der Waals surface area contributed by atoms with E-state index in [1.165, 1.54) is 11.3 Å². The minimum absolute atomic E-state index is 0.0338. The second-order valence-electron chi connectivity index (χ2n) is 6.08. The van der Waals surface area contributed by atoms with E-state index in [1.54, 1.807) is 10.9 Å². The molecule has 25 heavy (non-hydrogen) atoms. The number of carbonyl (C=O) groups excluding carboxylic acids is 1. The molecule has 0 fully saturated rings. The van der Waals surface area contributed by atoms with Crippen LogP contribution in [0, 0.1) is 0 Å². The largest absolute Gasteiger partial charge is 0.306 e. The van der Waals surface area contributed by atoms with Crippen molar-refractivity contribution in [3.63, 3.8) is 0 Å². The van der Waals surface area contributed by atoms with E-state index in [2.05, 4.69) is 23.1 Å². The summed E-state index contributed by atoms with van der Waals surface area (Å²) in [6.07, 6.45) is 4.64. The van der Waals surface area contributed by atoms with Crippen LogP contribution >= 0.6 is 23.1 Å². The molecule has 1 amide bonds. The molecule has 1 atom stereocenters. The molecule has 0 bridgehead atoms. The average molecular weight is 371 g/mol. The number of hydrogen-bond donors (Lipinski definition) is 0. The van der Waals surface area contributed by atoms with Crippen LogP contribution in [0.1, 0.15) is 23.8 Å². The van der Waals surface area contributed by atoms with Crippen molar-refractivity contribution in [1.29, 1.82) is 0 Å². The Morgan fingerprint density at radius 2 is 2.16 bits per heavy atom. The Morgan fingerprint density at radius 1 is 1.32 bits per heavy atom. The van der Waals surface area contributed by atoms with Crippen molar-refractivity contribution in [3.05, 3.63) is 47.7 Å². The topological polar surface area (TPSA) is 51.0 Å². The molecule has 7 heteroatoms. The number of thioether (sulfide) groups is 1. The second-order valence-corrected chi connectivity index (χ2v) is 8.42. The van der Waals surface area contributed by atoms with Crippen molar-refractivity contribution in [2.75, 3.05) is 11.4 Å². The van der Waals surface area contributed by atoms with Crippen molar-refractivity contribution >= 4 is 34.7 Å². The maximum Gasteiger partial charge on any atom is 0.277 e. The Bertz CT molecular complexity index is 917. The van der Waals surface area contributed by atoms with Crippen LogP contribution in [0.25, 0.3) is 10.6 Å². The van der Waals surface area contributed by atoms with Crippen LogP contribution in [0.2, 0.25) is 0 Å². The summed E-state index contributed by atoms with van der Waals surface area (Å²) in [5.41, 5.74) is 2.42. The second kappa shape index (κ2) is 6.65. The number of aryl methyl sites for hydroxylation is 1. The quantitative estimate of drug-likeness (QED) is 0.682. The third-order valence-electron chi connectivity index (χ3n) is 4.16. The van der Waals surface area contributed by atoms with Crippen LogP contribution in [-0.2, 0) is 7.05 Å². The maximum atomic E-state index is 13.1. The number of nitrogens with zero attached hydrogens (tertiary/aromatic N) is 4. The average Bonchev–Trinajstić information content (AvgIpc) is 3.21. The zero-order valence-corrected chi connectivity index (χ0v) is 15.7. The predicted octanol–water partition coefficient (Wildman–Crippen LogP) is 4.07. The number of thiazole rings is 1. The third-order valence-corrected chi connectivity index (χ3v) is 6.29. The molecule has 0 saturated carbocycles. The highest BCUT2D eigenvalue weighted by atomic mass is 32.2. The molecule has 0 aliphatic carbocycles. The molecule has 3 aromatic rings. The number of benzene rings is 1. The van der Waals surface area contributed by atoms with Crippen LogP contribution in [0.3, 0.4) is 0 Å². The Kier molecular flexibility index (Phi) is 4.35. The molecule has 0 saturated heterocycles. The maximum absolute atomic E-state index is 13.1. The van der Waals surface area contributed by atoms with Gasteiger partial charge >= 0.3 is 0 Å². The van der Waals surface area contributed by atoms with E-state index in [0.29, 0.717) is 17.5 Å². The highest BCUT2D eigenvalue weighted by Crippen LogP contribution is 2.38. The van der Waals surface area contributed by atoms with Gasteiger partial charge in [0, 0.05) is 40.9 Å². The molecule has 1 aromatic carbocycles. The first-order valence-corrected chi connectivity index (χ1v) is 9.90. The van der Waals surface area contributed by atoms with E-state index in [9.17, 15) is 4.79 Å². The van der Waals surface area contributed by atoms with Crippen molar-refractivity contribution in [1.82, 2.24) is 14.8 Å². The SMILES string of the molecule is CC1CCN(C(=O)c2csc(-c3cnn(C)c3)n2)c2ccccc2S1. The van der Waals surface area contributed by atoms with Gasteiger partial charge in [-0.15, -0.1) is 23.1 Å². The monoisotopic (exact) mass is 370 g/mol. The highest BCUT2D eigenvalue weighted by molar-refractivity contribution is 8.00. The number of aromatic nitrogens is 3. The van der Waals surface area contributed by atoms with E-state index in [1.807, 2.05) is 53.5 Å². The van der Waals surface area contributed by atoms with E-state index < -0.39 is 0 Å². The van der Waals surface area contributed by atoms with Crippen LogP contribution in [0.4, 0.5) is 5.69 Å². The highest BCUT2D eigenvalue weighted by Gasteiger charge is 2.26. The molecule has 0 N–H and O–H groups in total. The smallest absolute Gasteiger partial charge is 0.277 e. The summed E-state index contributed by atoms with van der Waals surface area (Å²) in [6, 6.07) is 8.12. The Labute approximate surface area is 154 Å². The van der Waals surface area contributed by atoms with Crippen LogP contribution < -0.4 is 4.90 Å². The summed E-state index contributed by atoms with van der Waals surface area (Å²) >= 11 is 3.31. The number of amides is 1. The summed E-state index contributed by atoms with van der Waals surface area (Å²) in [5, 5.41) is 7.32. The fraction of sp³-hybridized carbons (Fsp3) is 0.278. The van der Waals surface area contributed by atoms with Crippen molar-refractivity contribution < 1.29 is 4.79 Å². The summed E-state index contributed by atoms with van der Waals surface area (Å²) in [7, 11) is 1.87. The number of hydrogen-bond acceptors (Lipinski definition) is 5. The van der Waals surface area contributed by atoms with E-state index in [0.717, 1.165) is 27.6 Å². The van der Waals surface area contributed by atoms with Gasteiger partial charge in [-0.1, -0.05) is 19.1 Å². The third kappa shape index (κ3) is 3.21. The zero-order chi connectivity index (χ0) is 17.4. The number of anilines is 1. The fourth-order valence-electron chi connectivity index (χ4n) is 2.87. The van der Waals surface area contributed by atoms with Gasteiger partial charge < -0.3 is 4.90 Å².